The van der Waals surface area contributed by atoms with Crippen LogP contribution in [0.4, 0.5) is 5.69 Å². The van der Waals surface area contributed by atoms with E-state index in [9.17, 15) is 14.9 Å². The number of ether oxygens (including phenoxy) is 1. The molecular weight excluding hydrogens is 360 g/mol. The van der Waals surface area contributed by atoms with Gasteiger partial charge in [0.05, 0.1) is 17.0 Å². The second-order valence-corrected chi connectivity index (χ2v) is 5.41. The first kappa shape index (κ1) is 17.3. The normalized spacial score (nSPS) is 10.3. The van der Waals surface area contributed by atoms with Crippen LogP contribution in [0.3, 0.4) is 0 Å². The third-order valence-corrected chi connectivity index (χ3v) is 3.45. The Labute approximate surface area is 151 Å². The van der Waals surface area contributed by atoms with Crippen molar-refractivity contribution in [3.8, 4) is 11.5 Å². The predicted molar refractivity (Wildman–Crippen MR) is 92.5 cm³/mol. The van der Waals surface area contributed by atoms with Crippen molar-refractivity contribution in [3.63, 3.8) is 0 Å². The quantitative estimate of drug-likeness (QED) is 0.386. The largest absolute Gasteiger partial charge is 0.457 e. The van der Waals surface area contributed by atoms with Crippen molar-refractivity contribution in [2.75, 3.05) is 0 Å². The van der Waals surface area contributed by atoms with Crippen LogP contribution in [0.15, 0.2) is 52.9 Å². The van der Waals surface area contributed by atoms with Crippen LogP contribution in [0, 0.1) is 15.0 Å². The van der Waals surface area contributed by atoms with Gasteiger partial charge in [0.15, 0.2) is 0 Å². The maximum Gasteiger partial charge on any atom is 0.284 e. The number of non-ortho nitro benzene ring substituents is 1. The Balaban J connectivity index is 1.86. The predicted octanol–water partition coefficient (Wildman–Crippen LogP) is 3.36. The summed E-state index contributed by atoms with van der Waals surface area (Å²) in [7, 11) is 0. The average molecular weight is 372 g/mol. The van der Waals surface area contributed by atoms with Gasteiger partial charge in [-0.1, -0.05) is 18.2 Å². The number of amides is 1. The zero-order chi connectivity index (χ0) is 18.5. The summed E-state index contributed by atoms with van der Waals surface area (Å²) in [6.45, 7) is -0.0422. The first-order valence-electron chi connectivity index (χ1n) is 7.37. The maximum absolute atomic E-state index is 12.5. The molecule has 0 atom stereocenters. The zero-order valence-corrected chi connectivity index (χ0v) is 14.0. The van der Waals surface area contributed by atoms with Gasteiger partial charge in [-0.3, -0.25) is 14.9 Å². The number of nitro groups is 1. The number of carbonyl (C=O) groups excluding carboxylic acids is 1. The Hall–Kier alpha value is -3.53. The Morgan fingerprint density at radius 3 is 2.73 bits per heavy atom. The molecule has 10 heteroatoms. The van der Waals surface area contributed by atoms with Crippen LogP contribution in [0.5, 0.6) is 11.5 Å². The summed E-state index contributed by atoms with van der Waals surface area (Å²) in [4.78, 5) is 23.0. The molecule has 0 aliphatic rings. The minimum Gasteiger partial charge on any atom is -0.457 e. The molecule has 0 aliphatic heterocycles. The van der Waals surface area contributed by atoms with E-state index in [0.717, 1.165) is 6.07 Å². The number of nitro benzene ring substituents is 1. The fraction of sp³-hybridized carbons (Fsp3) is 0.0625. The highest BCUT2D eigenvalue weighted by Crippen LogP contribution is 2.28. The number of carbonyl (C=O) groups is 1. The molecule has 2 aromatic carbocycles. The molecule has 0 aliphatic carbocycles. The second-order valence-electron chi connectivity index (χ2n) is 5.04. The van der Waals surface area contributed by atoms with Crippen molar-refractivity contribution in [3.05, 3.63) is 74.9 Å². The standard InChI is InChI=1S/C16H12N4O5S/c21-15(17-9-14-18-19-16(26)25-14)12-8-10(20(22)23)6-7-13(12)24-11-4-2-1-3-5-11/h1-8H,9H2,(H,17,21)(H,19,26). The topological polar surface area (TPSA) is 123 Å². The molecule has 1 heterocycles. The molecule has 3 rings (SSSR count). The first-order chi connectivity index (χ1) is 12.5. The van der Waals surface area contributed by atoms with E-state index in [-0.39, 0.29) is 34.3 Å². The van der Waals surface area contributed by atoms with Gasteiger partial charge in [-0.25, -0.2) is 5.10 Å². The summed E-state index contributed by atoms with van der Waals surface area (Å²) < 4.78 is 10.7. The number of aromatic amines is 1. The summed E-state index contributed by atoms with van der Waals surface area (Å²) in [6.07, 6.45) is 0. The van der Waals surface area contributed by atoms with Gasteiger partial charge < -0.3 is 14.5 Å². The lowest BCUT2D eigenvalue weighted by Gasteiger charge is -2.11. The molecule has 0 spiro atoms. The van der Waals surface area contributed by atoms with E-state index in [2.05, 4.69) is 15.5 Å². The number of hydrogen-bond donors (Lipinski definition) is 2. The Morgan fingerprint density at radius 1 is 1.31 bits per heavy atom. The summed E-state index contributed by atoms with van der Waals surface area (Å²) in [6, 6.07) is 12.6. The number of benzene rings is 2. The SMILES string of the molecule is O=C(NCc1n[nH]c(=S)o1)c1cc([N+](=O)[O-])ccc1Oc1ccccc1. The number of aromatic nitrogens is 2. The third kappa shape index (κ3) is 4.11. The number of H-pyrrole nitrogens is 1. The number of nitrogens with one attached hydrogen (secondary N) is 2. The molecule has 132 valence electrons. The minimum absolute atomic E-state index is 0.0113. The minimum atomic E-state index is -0.588. The number of para-hydroxylation sites is 1. The Kier molecular flexibility index (Phi) is 5.04. The van der Waals surface area contributed by atoms with E-state index in [1.807, 2.05) is 6.07 Å². The molecule has 1 amide bonds. The van der Waals surface area contributed by atoms with E-state index in [1.165, 1.54) is 12.1 Å². The molecule has 0 fully saturated rings. The Morgan fingerprint density at radius 2 is 2.08 bits per heavy atom. The van der Waals surface area contributed by atoms with Crippen molar-refractivity contribution < 1.29 is 18.9 Å². The van der Waals surface area contributed by atoms with Gasteiger partial charge in [0.25, 0.3) is 16.4 Å². The zero-order valence-electron chi connectivity index (χ0n) is 13.2. The van der Waals surface area contributed by atoms with Gasteiger partial charge in [0.2, 0.25) is 5.89 Å². The van der Waals surface area contributed by atoms with Crippen molar-refractivity contribution >= 4 is 23.8 Å². The molecule has 2 N–H and O–H groups in total. The number of nitrogens with zero attached hydrogens (tertiary/aromatic N) is 2. The van der Waals surface area contributed by atoms with Crippen LogP contribution in [0.2, 0.25) is 0 Å². The molecule has 26 heavy (non-hydrogen) atoms. The molecule has 0 saturated carbocycles. The van der Waals surface area contributed by atoms with Crippen molar-refractivity contribution in [2.24, 2.45) is 0 Å². The maximum atomic E-state index is 12.5. The highest BCUT2D eigenvalue weighted by molar-refractivity contribution is 7.71. The van der Waals surface area contributed by atoms with Crippen LogP contribution in [-0.4, -0.2) is 21.0 Å². The van der Waals surface area contributed by atoms with Gasteiger partial charge in [0.1, 0.15) is 11.5 Å². The van der Waals surface area contributed by atoms with Gasteiger partial charge in [-0.05, 0) is 30.4 Å². The average Bonchev–Trinajstić information content (AvgIpc) is 3.06. The molecule has 0 unspecified atom stereocenters. The van der Waals surface area contributed by atoms with Crippen LogP contribution in [-0.2, 0) is 6.54 Å². The van der Waals surface area contributed by atoms with Gasteiger partial charge in [-0.2, -0.15) is 0 Å². The molecular formula is C16H12N4O5S. The van der Waals surface area contributed by atoms with Crippen LogP contribution in [0.1, 0.15) is 16.2 Å². The van der Waals surface area contributed by atoms with E-state index < -0.39 is 10.8 Å². The lowest BCUT2D eigenvalue weighted by Crippen LogP contribution is -2.23. The number of rotatable bonds is 6. The summed E-state index contributed by atoms with van der Waals surface area (Å²) in [5.74, 6) is 0.277. The van der Waals surface area contributed by atoms with Crippen LogP contribution < -0.4 is 10.1 Å². The van der Waals surface area contributed by atoms with E-state index in [1.54, 1.807) is 24.3 Å². The monoisotopic (exact) mass is 372 g/mol. The molecule has 0 saturated heterocycles. The van der Waals surface area contributed by atoms with E-state index in [4.69, 9.17) is 21.4 Å². The van der Waals surface area contributed by atoms with Crippen molar-refractivity contribution in [1.29, 1.82) is 0 Å². The fourth-order valence-electron chi connectivity index (χ4n) is 2.10. The molecule has 1 aromatic heterocycles. The lowest BCUT2D eigenvalue weighted by molar-refractivity contribution is -0.384. The number of hydrogen-bond acceptors (Lipinski definition) is 7. The molecule has 0 radical (unpaired) electrons. The van der Waals surface area contributed by atoms with Crippen LogP contribution in [0.25, 0.3) is 0 Å². The van der Waals surface area contributed by atoms with E-state index in [0.29, 0.717) is 5.75 Å². The van der Waals surface area contributed by atoms with Crippen molar-refractivity contribution in [2.45, 2.75) is 6.54 Å². The Bertz CT molecular complexity index is 999. The second kappa shape index (κ2) is 7.57. The van der Waals surface area contributed by atoms with Crippen molar-refractivity contribution in [1.82, 2.24) is 15.5 Å². The van der Waals surface area contributed by atoms with Gasteiger partial charge in [-0.15, -0.1) is 5.10 Å². The molecule has 3 aromatic rings. The van der Waals surface area contributed by atoms with Gasteiger partial charge >= 0.3 is 0 Å². The smallest absolute Gasteiger partial charge is 0.284 e. The molecule has 0 bridgehead atoms. The summed E-state index contributed by atoms with van der Waals surface area (Å²) in [5.41, 5.74) is -0.218. The summed E-state index contributed by atoms with van der Waals surface area (Å²) >= 11 is 4.75. The lowest BCUT2D eigenvalue weighted by atomic mass is 10.1. The first-order valence-corrected chi connectivity index (χ1v) is 7.77. The third-order valence-electron chi connectivity index (χ3n) is 3.27. The fourth-order valence-corrected chi connectivity index (χ4v) is 2.24. The highest BCUT2D eigenvalue weighted by atomic mass is 32.1. The molecule has 9 nitrogen and oxygen atoms in total. The van der Waals surface area contributed by atoms with Gasteiger partial charge in [0, 0.05) is 12.1 Å². The summed E-state index contributed by atoms with van der Waals surface area (Å²) in [5, 5.41) is 19.8. The van der Waals surface area contributed by atoms with Crippen LogP contribution >= 0.6 is 12.2 Å². The highest BCUT2D eigenvalue weighted by Gasteiger charge is 2.19. The van der Waals surface area contributed by atoms with E-state index >= 15 is 0 Å².